The molecule has 7 heteroatoms. The molecule has 0 fully saturated rings. The summed E-state index contributed by atoms with van der Waals surface area (Å²) in [6, 6.07) is 4.50. The fourth-order valence-electron chi connectivity index (χ4n) is 1.01. The Labute approximate surface area is 91.4 Å². The fraction of sp³-hybridized carbons (Fsp3) is 0.333. The Balaban J connectivity index is 3.18. The van der Waals surface area contributed by atoms with E-state index in [1.54, 1.807) is 0 Å². The van der Waals surface area contributed by atoms with E-state index in [2.05, 4.69) is 0 Å². The number of methoxy groups -OCH3 is 1. The van der Waals surface area contributed by atoms with Gasteiger partial charge in [0.25, 0.3) is 0 Å². The van der Waals surface area contributed by atoms with Crippen molar-refractivity contribution in [2.75, 3.05) is 13.7 Å². The molecular formula is C9H10F2O4S. The molecule has 0 spiro atoms. The topological polar surface area (TPSA) is 63.6 Å². The van der Waals surface area contributed by atoms with Crippen LogP contribution >= 0.6 is 0 Å². The quantitative estimate of drug-likeness (QED) is 0.870. The van der Waals surface area contributed by atoms with Crippen LogP contribution in [0.5, 0.6) is 5.75 Å². The summed E-state index contributed by atoms with van der Waals surface area (Å²) >= 11 is 0. The van der Waals surface area contributed by atoms with Crippen molar-refractivity contribution in [2.24, 2.45) is 0 Å². The van der Waals surface area contributed by atoms with Gasteiger partial charge in [-0.25, -0.2) is 8.42 Å². The lowest BCUT2D eigenvalue weighted by Crippen LogP contribution is -2.32. The maximum absolute atomic E-state index is 12.9. The molecule has 16 heavy (non-hydrogen) atoms. The average Bonchev–Trinajstić information content (AvgIpc) is 2.29. The third-order valence-electron chi connectivity index (χ3n) is 1.95. The highest BCUT2D eigenvalue weighted by Gasteiger charge is 2.45. The van der Waals surface area contributed by atoms with Crippen LogP contribution in [0.3, 0.4) is 0 Å². The predicted octanol–water partition coefficient (Wildman–Crippen LogP) is 1.05. The van der Waals surface area contributed by atoms with E-state index in [1.165, 1.54) is 19.2 Å². The zero-order valence-electron chi connectivity index (χ0n) is 8.35. The van der Waals surface area contributed by atoms with Crippen LogP contribution < -0.4 is 4.74 Å². The first-order valence-electron chi connectivity index (χ1n) is 4.22. The third kappa shape index (κ3) is 2.14. The van der Waals surface area contributed by atoms with E-state index >= 15 is 0 Å². The van der Waals surface area contributed by atoms with Crippen LogP contribution in [0.1, 0.15) is 0 Å². The monoisotopic (exact) mass is 252 g/mol. The van der Waals surface area contributed by atoms with Crippen molar-refractivity contribution < 1.29 is 27.0 Å². The van der Waals surface area contributed by atoms with E-state index in [1.807, 2.05) is 0 Å². The molecular weight excluding hydrogens is 242 g/mol. The fourth-order valence-corrected chi connectivity index (χ4v) is 2.02. The first kappa shape index (κ1) is 12.9. The Hall–Kier alpha value is -1.21. The highest BCUT2D eigenvalue weighted by molar-refractivity contribution is 7.92. The van der Waals surface area contributed by atoms with Gasteiger partial charge in [0, 0.05) is 0 Å². The van der Waals surface area contributed by atoms with Crippen LogP contribution in [0.15, 0.2) is 29.2 Å². The first-order chi connectivity index (χ1) is 7.35. The standard InChI is InChI=1S/C9H10F2O4S/c1-15-7-2-4-8(5-3-7)16(13,14)9(10,11)6-12/h2-5,12H,6H2,1H3. The van der Waals surface area contributed by atoms with Crippen LogP contribution in [0.2, 0.25) is 0 Å². The number of sulfone groups is 1. The van der Waals surface area contributed by atoms with Gasteiger partial charge in [0.1, 0.15) is 12.4 Å². The maximum atomic E-state index is 12.9. The number of alkyl halides is 2. The molecule has 0 aliphatic rings. The Morgan fingerprint density at radius 2 is 1.81 bits per heavy atom. The molecule has 0 radical (unpaired) electrons. The van der Waals surface area contributed by atoms with E-state index in [4.69, 9.17) is 9.84 Å². The predicted molar refractivity (Wildman–Crippen MR) is 52.2 cm³/mol. The van der Waals surface area contributed by atoms with Gasteiger partial charge in [-0.2, -0.15) is 8.78 Å². The lowest BCUT2D eigenvalue weighted by molar-refractivity contribution is 0.0262. The largest absolute Gasteiger partial charge is 0.497 e. The number of aliphatic hydroxyl groups excluding tert-OH is 1. The lowest BCUT2D eigenvalue weighted by atomic mass is 10.3. The van der Waals surface area contributed by atoms with Crippen molar-refractivity contribution in [2.45, 2.75) is 10.2 Å². The van der Waals surface area contributed by atoms with Crippen LogP contribution in [-0.2, 0) is 9.84 Å². The smallest absolute Gasteiger partial charge is 0.372 e. The van der Waals surface area contributed by atoms with Gasteiger partial charge in [0.05, 0.1) is 12.0 Å². The van der Waals surface area contributed by atoms with Gasteiger partial charge in [-0.15, -0.1) is 0 Å². The summed E-state index contributed by atoms with van der Waals surface area (Å²) in [4.78, 5) is -0.563. The second-order valence-electron chi connectivity index (χ2n) is 2.97. The normalized spacial score (nSPS) is 12.5. The van der Waals surface area contributed by atoms with Crippen LogP contribution in [0.25, 0.3) is 0 Å². The summed E-state index contributed by atoms with van der Waals surface area (Å²) < 4.78 is 53.3. The summed E-state index contributed by atoms with van der Waals surface area (Å²) in [5.41, 5.74) is 0. The molecule has 0 saturated heterocycles. The van der Waals surface area contributed by atoms with Crippen molar-refractivity contribution >= 4 is 9.84 Å². The Morgan fingerprint density at radius 3 is 2.19 bits per heavy atom. The van der Waals surface area contributed by atoms with E-state index < -0.39 is 26.6 Å². The minimum absolute atomic E-state index is 0.353. The van der Waals surface area contributed by atoms with E-state index in [0.717, 1.165) is 12.1 Å². The molecule has 4 nitrogen and oxygen atoms in total. The number of aliphatic hydroxyl groups is 1. The van der Waals surface area contributed by atoms with Gasteiger partial charge in [-0.1, -0.05) is 0 Å². The van der Waals surface area contributed by atoms with Gasteiger partial charge >= 0.3 is 5.25 Å². The first-order valence-corrected chi connectivity index (χ1v) is 5.71. The molecule has 1 aromatic rings. The number of hydrogen-bond acceptors (Lipinski definition) is 4. The summed E-state index contributed by atoms with van der Waals surface area (Å²) in [6.45, 7) is -1.75. The Bertz CT molecular complexity index is 453. The molecule has 1 rings (SSSR count). The minimum Gasteiger partial charge on any atom is -0.497 e. The van der Waals surface area contributed by atoms with Gasteiger partial charge < -0.3 is 9.84 Å². The van der Waals surface area contributed by atoms with E-state index in [9.17, 15) is 17.2 Å². The maximum Gasteiger partial charge on any atom is 0.372 e. The molecule has 0 aromatic heterocycles. The third-order valence-corrected chi connectivity index (χ3v) is 3.76. The second kappa shape index (κ2) is 4.34. The van der Waals surface area contributed by atoms with E-state index in [-0.39, 0.29) is 0 Å². The molecule has 0 amide bonds. The van der Waals surface area contributed by atoms with E-state index in [0.29, 0.717) is 5.75 Å². The number of rotatable bonds is 4. The van der Waals surface area contributed by atoms with Crippen molar-refractivity contribution in [1.82, 2.24) is 0 Å². The number of hydrogen-bond donors (Lipinski definition) is 1. The molecule has 1 N–H and O–H groups in total. The summed E-state index contributed by atoms with van der Waals surface area (Å²) in [5, 5.41) is 4.16. The minimum atomic E-state index is -4.85. The van der Waals surface area contributed by atoms with Gasteiger partial charge in [0.15, 0.2) is 0 Å². The Morgan fingerprint density at radius 1 is 1.31 bits per heavy atom. The van der Waals surface area contributed by atoms with Gasteiger partial charge in [-0.3, -0.25) is 0 Å². The molecule has 0 unspecified atom stereocenters. The summed E-state index contributed by atoms with van der Waals surface area (Å²) in [5.74, 6) is 0.353. The van der Waals surface area contributed by atoms with Gasteiger partial charge in [0.2, 0.25) is 9.84 Å². The molecule has 1 aromatic carbocycles. The van der Waals surface area contributed by atoms with Crippen LogP contribution in [-0.4, -0.2) is 32.5 Å². The molecule has 0 bridgehead atoms. The van der Waals surface area contributed by atoms with Crippen LogP contribution in [0, 0.1) is 0 Å². The molecule has 0 atom stereocenters. The highest BCUT2D eigenvalue weighted by Crippen LogP contribution is 2.29. The van der Waals surface area contributed by atoms with Crippen molar-refractivity contribution in [3.05, 3.63) is 24.3 Å². The van der Waals surface area contributed by atoms with Crippen molar-refractivity contribution in [1.29, 1.82) is 0 Å². The summed E-state index contributed by atoms with van der Waals surface area (Å²) in [6.07, 6.45) is 0. The van der Waals surface area contributed by atoms with Crippen molar-refractivity contribution in [3.63, 3.8) is 0 Å². The lowest BCUT2D eigenvalue weighted by Gasteiger charge is -2.14. The molecule has 0 saturated carbocycles. The average molecular weight is 252 g/mol. The SMILES string of the molecule is COc1ccc(S(=O)(=O)C(F)(F)CO)cc1. The number of ether oxygens (including phenoxy) is 1. The summed E-state index contributed by atoms with van der Waals surface area (Å²) in [7, 11) is -3.49. The van der Waals surface area contributed by atoms with Crippen molar-refractivity contribution in [3.8, 4) is 5.75 Å². The molecule has 0 aliphatic heterocycles. The van der Waals surface area contributed by atoms with Crippen LogP contribution in [0.4, 0.5) is 8.78 Å². The zero-order chi connectivity index (χ0) is 12.4. The number of benzene rings is 1. The second-order valence-corrected chi connectivity index (χ2v) is 5.05. The number of halogens is 2. The molecule has 0 aliphatic carbocycles. The Kier molecular flexibility index (Phi) is 3.49. The molecule has 90 valence electrons. The van der Waals surface area contributed by atoms with Gasteiger partial charge in [-0.05, 0) is 24.3 Å². The zero-order valence-corrected chi connectivity index (χ0v) is 9.17. The highest BCUT2D eigenvalue weighted by atomic mass is 32.2. The molecule has 0 heterocycles.